The molecule has 1 saturated carbocycles. The van der Waals surface area contributed by atoms with Crippen molar-refractivity contribution < 1.29 is 0 Å². The second-order valence-electron chi connectivity index (χ2n) is 5.02. The van der Waals surface area contributed by atoms with Crippen molar-refractivity contribution in [3.63, 3.8) is 0 Å². The Kier molecular flexibility index (Phi) is 5.38. The lowest BCUT2D eigenvalue weighted by atomic mass is 9.84. The van der Waals surface area contributed by atoms with Crippen LogP contribution in [0.2, 0.25) is 0 Å². The highest BCUT2D eigenvalue weighted by Gasteiger charge is 2.13. The minimum atomic E-state index is 1.02. The predicted molar refractivity (Wildman–Crippen MR) is 70.6 cm³/mol. The molecule has 2 rings (SSSR count). The SMILES string of the molecule is CC1CCC(C)CC1.Cc1ccc(C)s1. The number of rotatable bonds is 0. The van der Waals surface area contributed by atoms with Gasteiger partial charge in [0.05, 0.1) is 0 Å². The molecule has 0 radical (unpaired) electrons. The zero-order chi connectivity index (χ0) is 11.3. The largest absolute Gasteiger partial charge is 0.146 e. The molecule has 1 aliphatic rings. The van der Waals surface area contributed by atoms with Crippen LogP contribution in [0.5, 0.6) is 0 Å². The van der Waals surface area contributed by atoms with E-state index in [9.17, 15) is 0 Å². The molecular formula is C14H24S. The molecule has 0 unspecified atom stereocenters. The summed E-state index contributed by atoms with van der Waals surface area (Å²) in [5.74, 6) is 2.04. The van der Waals surface area contributed by atoms with E-state index >= 15 is 0 Å². The van der Waals surface area contributed by atoms with Gasteiger partial charge in [-0.15, -0.1) is 11.3 Å². The van der Waals surface area contributed by atoms with Crippen LogP contribution in [0.4, 0.5) is 0 Å². The Morgan fingerprint density at radius 1 is 0.867 bits per heavy atom. The summed E-state index contributed by atoms with van der Waals surface area (Å²) in [6.45, 7) is 8.98. The normalized spacial score (nSPS) is 25.6. The first-order valence-electron chi connectivity index (χ1n) is 6.11. The van der Waals surface area contributed by atoms with Crippen LogP contribution in [0, 0.1) is 25.7 Å². The summed E-state index contributed by atoms with van der Waals surface area (Å²) in [5, 5.41) is 0. The number of hydrogen-bond donors (Lipinski definition) is 0. The molecule has 0 saturated heterocycles. The highest BCUT2D eigenvalue weighted by atomic mass is 32.1. The molecule has 1 aromatic heterocycles. The molecule has 0 aromatic carbocycles. The quantitative estimate of drug-likeness (QED) is 0.568. The Balaban J connectivity index is 0.000000151. The van der Waals surface area contributed by atoms with Gasteiger partial charge in [-0.05, 0) is 37.8 Å². The van der Waals surface area contributed by atoms with Crippen LogP contribution >= 0.6 is 11.3 Å². The highest BCUT2D eigenvalue weighted by Crippen LogP contribution is 2.27. The molecular weight excluding hydrogens is 200 g/mol. The van der Waals surface area contributed by atoms with E-state index in [0.29, 0.717) is 0 Å². The molecule has 0 amide bonds. The van der Waals surface area contributed by atoms with E-state index in [0.717, 1.165) is 11.8 Å². The fraction of sp³-hybridized carbons (Fsp3) is 0.714. The zero-order valence-corrected chi connectivity index (χ0v) is 11.4. The molecule has 86 valence electrons. The van der Waals surface area contributed by atoms with E-state index in [1.807, 2.05) is 11.3 Å². The van der Waals surface area contributed by atoms with Gasteiger partial charge in [0.1, 0.15) is 0 Å². The lowest BCUT2D eigenvalue weighted by molar-refractivity contribution is 0.308. The van der Waals surface area contributed by atoms with Gasteiger partial charge in [0.15, 0.2) is 0 Å². The van der Waals surface area contributed by atoms with Gasteiger partial charge in [-0.25, -0.2) is 0 Å². The minimum absolute atomic E-state index is 1.02. The maximum Gasteiger partial charge on any atom is 0.00170 e. The molecule has 1 aliphatic carbocycles. The molecule has 1 heteroatoms. The van der Waals surface area contributed by atoms with Crippen molar-refractivity contribution in [3.8, 4) is 0 Å². The van der Waals surface area contributed by atoms with E-state index in [4.69, 9.17) is 0 Å². The first-order valence-corrected chi connectivity index (χ1v) is 6.92. The number of thiophene rings is 1. The Hall–Kier alpha value is -0.300. The molecule has 0 N–H and O–H groups in total. The van der Waals surface area contributed by atoms with E-state index in [-0.39, 0.29) is 0 Å². The Morgan fingerprint density at radius 2 is 1.20 bits per heavy atom. The van der Waals surface area contributed by atoms with Crippen LogP contribution in [0.25, 0.3) is 0 Å². The summed E-state index contributed by atoms with van der Waals surface area (Å²) in [5.41, 5.74) is 0. The van der Waals surface area contributed by atoms with Crippen molar-refractivity contribution in [2.24, 2.45) is 11.8 Å². The topological polar surface area (TPSA) is 0 Å². The molecule has 15 heavy (non-hydrogen) atoms. The lowest BCUT2D eigenvalue weighted by Crippen LogP contribution is -2.08. The van der Waals surface area contributed by atoms with Gasteiger partial charge in [0.25, 0.3) is 0 Å². The summed E-state index contributed by atoms with van der Waals surface area (Å²) < 4.78 is 0. The fourth-order valence-electron chi connectivity index (χ4n) is 1.98. The predicted octanol–water partition coefficient (Wildman–Crippen LogP) is 5.20. The average molecular weight is 224 g/mol. The van der Waals surface area contributed by atoms with E-state index in [1.165, 1.54) is 35.4 Å². The minimum Gasteiger partial charge on any atom is -0.146 e. The smallest absolute Gasteiger partial charge is 0.00170 e. The molecule has 1 fully saturated rings. The highest BCUT2D eigenvalue weighted by molar-refractivity contribution is 7.11. The van der Waals surface area contributed by atoms with Gasteiger partial charge in [-0.1, -0.05) is 39.5 Å². The molecule has 0 spiro atoms. The second-order valence-corrected chi connectivity index (χ2v) is 6.51. The number of aryl methyl sites for hydroxylation is 2. The third-order valence-electron chi connectivity index (χ3n) is 3.18. The summed E-state index contributed by atoms with van der Waals surface area (Å²) in [4.78, 5) is 2.80. The Labute approximate surface area is 98.7 Å². The van der Waals surface area contributed by atoms with Gasteiger partial charge in [0.2, 0.25) is 0 Å². The second kappa shape index (κ2) is 6.32. The van der Waals surface area contributed by atoms with Crippen LogP contribution in [0.3, 0.4) is 0 Å². The van der Waals surface area contributed by atoms with Crippen molar-refractivity contribution in [2.75, 3.05) is 0 Å². The van der Waals surface area contributed by atoms with Crippen LogP contribution in [-0.4, -0.2) is 0 Å². The van der Waals surface area contributed by atoms with Crippen LogP contribution in [0.15, 0.2) is 12.1 Å². The summed E-state index contributed by atoms with van der Waals surface area (Å²) in [6, 6.07) is 4.28. The Bertz CT molecular complexity index is 240. The number of hydrogen-bond acceptors (Lipinski definition) is 1. The van der Waals surface area contributed by atoms with Gasteiger partial charge < -0.3 is 0 Å². The van der Waals surface area contributed by atoms with Crippen LogP contribution in [-0.2, 0) is 0 Å². The summed E-state index contributed by atoms with van der Waals surface area (Å²) in [6.07, 6.45) is 5.89. The van der Waals surface area contributed by atoms with Crippen molar-refractivity contribution in [1.29, 1.82) is 0 Å². The van der Waals surface area contributed by atoms with E-state index in [1.54, 1.807) is 0 Å². The summed E-state index contributed by atoms with van der Waals surface area (Å²) in [7, 11) is 0. The Morgan fingerprint density at radius 3 is 1.40 bits per heavy atom. The monoisotopic (exact) mass is 224 g/mol. The van der Waals surface area contributed by atoms with Gasteiger partial charge in [-0.2, -0.15) is 0 Å². The first kappa shape index (κ1) is 12.8. The molecule has 1 heterocycles. The first-order chi connectivity index (χ1) is 7.08. The third-order valence-corrected chi connectivity index (χ3v) is 4.10. The molecule has 0 aliphatic heterocycles. The third kappa shape index (κ3) is 5.36. The van der Waals surface area contributed by atoms with E-state index in [2.05, 4.69) is 39.8 Å². The van der Waals surface area contributed by atoms with Crippen LogP contribution < -0.4 is 0 Å². The molecule has 1 aromatic rings. The lowest BCUT2D eigenvalue weighted by Gasteiger charge is -2.22. The molecule has 0 bridgehead atoms. The molecule has 0 atom stereocenters. The maximum atomic E-state index is 2.37. The van der Waals surface area contributed by atoms with Crippen molar-refractivity contribution >= 4 is 11.3 Å². The molecule has 0 nitrogen and oxygen atoms in total. The van der Waals surface area contributed by atoms with Gasteiger partial charge in [0, 0.05) is 9.75 Å². The van der Waals surface area contributed by atoms with Crippen molar-refractivity contribution in [2.45, 2.75) is 53.4 Å². The van der Waals surface area contributed by atoms with Crippen molar-refractivity contribution in [3.05, 3.63) is 21.9 Å². The average Bonchev–Trinajstić information content (AvgIpc) is 2.56. The van der Waals surface area contributed by atoms with Crippen molar-refractivity contribution in [1.82, 2.24) is 0 Å². The van der Waals surface area contributed by atoms with Gasteiger partial charge >= 0.3 is 0 Å². The van der Waals surface area contributed by atoms with Gasteiger partial charge in [-0.3, -0.25) is 0 Å². The fourth-order valence-corrected chi connectivity index (χ4v) is 2.76. The zero-order valence-electron chi connectivity index (χ0n) is 10.5. The van der Waals surface area contributed by atoms with Crippen LogP contribution in [0.1, 0.15) is 49.3 Å². The summed E-state index contributed by atoms with van der Waals surface area (Å²) >= 11 is 1.84. The standard InChI is InChI=1S/C8H16.C6H8S/c1-7-3-5-8(2)6-4-7;1-5-3-4-6(2)7-5/h7-8H,3-6H2,1-2H3;3-4H,1-2H3. The maximum absolute atomic E-state index is 2.37. The van der Waals surface area contributed by atoms with E-state index < -0.39 is 0 Å².